The molecule has 2 aromatic carbocycles. The summed E-state index contributed by atoms with van der Waals surface area (Å²) in [5.41, 5.74) is 3.72. The van der Waals surface area contributed by atoms with E-state index >= 15 is 0 Å². The number of nitrogens with zero attached hydrogens (tertiary/aromatic N) is 2. The molecule has 1 N–H and O–H groups in total. The zero-order valence-corrected chi connectivity index (χ0v) is 20.2. The van der Waals surface area contributed by atoms with Crippen molar-refractivity contribution < 1.29 is 13.0 Å². The first-order valence-electron chi connectivity index (χ1n) is 9.38. The second kappa shape index (κ2) is 8.67. The van der Waals surface area contributed by atoms with E-state index < -0.39 is 21.0 Å². The lowest BCUT2D eigenvalue weighted by Crippen LogP contribution is -2.13. The Kier molecular flexibility index (Phi) is 6.53. The summed E-state index contributed by atoms with van der Waals surface area (Å²) in [6.45, 7) is 5.55. The molecule has 1 unspecified atom stereocenters. The van der Waals surface area contributed by atoms with Gasteiger partial charge in [-0.25, -0.2) is 13.4 Å². The fraction of sp³-hybridized carbons (Fsp3) is 0.273. The molecule has 0 saturated heterocycles. The Balaban J connectivity index is 2.22. The molecule has 0 radical (unpaired) electrons. The van der Waals surface area contributed by atoms with E-state index in [2.05, 4.69) is 16.4 Å². The van der Waals surface area contributed by atoms with Crippen molar-refractivity contribution in [2.75, 3.05) is 17.8 Å². The number of aryl methyl sites for hydroxylation is 1. The molecule has 9 heteroatoms. The van der Waals surface area contributed by atoms with Crippen molar-refractivity contribution in [2.45, 2.75) is 36.7 Å². The van der Waals surface area contributed by atoms with Crippen LogP contribution in [0.1, 0.15) is 35.2 Å². The number of nitrogens with one attached hydrogen (secondary N) is 1. The molecule has 3 aromatic rings. The third-order valence-corrected chi connectivity index (χ3v) is 7.34. The lowest BCUT2D eigenvalue weighted by Gasteiger charge is -2.21. The lowest BCUT2D eigenvalue weighted by molar-refractivity contribution is 0.596. The zero-order valence-electron chi connectivity index (χ0n) is 17.8. The van der Waals surface area contributed by atoms with Crippen LogP contribution in [-0.2, 0) is 21.0 Å². The highest BCUT2D eigenvalue weighted by Gasteiger charge is 2.23. The Morgan fingerprint density at radius 1 is 1.26 bits per heavy atom. The summed E-state index contributed by atoms with van der Waals surface area (Å²) in [5.74, 6) is 0. The van der Waals surface area contributed by atoms with Gasteiger partial charge in [0, 0.05) is 39.0 Å². The Morgan fingerprint density at radius 3 is 2.52 bits per heavy atom. The molecular formula is C22H22ClN3O3S2. The van der Waals surface area contributed by atoms with Gasteiger partial charge in [-0.15, -0.1) is 0 Å². The average Bonchev–Trinajstić information content (AvgIpc) is 2.67. The Labute approximate surface area is 190 Å². The van der Waals surface area contributed by atoms with Crippen LogP contribution in [0.3, 0.4) is 0 Å². The van der Waals surface area contributed by atoms with E-state index in [9.17, 15) is 18.2 Å². The van der Waals surface area contributed by atoms with Crippen molar-refractivity contribution in [3.8, 4) is 6.07 Å². The molecular weight excluding hydrogens is 454 g/mol. The number of benzene rings is 2. The molecule has 1 aromatic heterocycles. The minimum absolute atomic E-state index is 0.0978. The van der Waals surface area contributed by atoms with Gasteiger partial charge in [-0.05, 0) is 50.6 Å². The minimum atomic E-state index is -3.51. The topological polar surface area (TPSA) is 106 Å². The Morgan fingerprint density at radius 2 is 1.94 bits per heavy atom. The molecule has 3 rings (SSSR count). The van der Waals surface area contributed by atoms with Crippen molar-refractivity contribution >= 4 is 49.2 Å². The first kappa shape index (κ1) is 23.4. The first-order chi connectivity index (χ1) is 14.4. The Hall–Kier alpha value is -2.31. The highest BCUT2D eigenvalue weighted by atomic mass is 35.5. The molecule has 31 heavy (non-hydrogen) atoms. The molecule has 0 aliphatic carbocycles. The van der Waals surface area contributed by atoms with E-state index in [4.69, 9.17) is 11.6 Å². The van der Waals surface area contributed by atoms with Crippen LogP contribution in [0, 0.1) is 25.2 Å². The number of pyridine rings is 1. The molecule has 162 valence electrons. The number of rotatable bonds is 5. The maximum absolute atomic E-state index is 12.3. The molecule has 0 fully saturated rings. The first-order valence-corrected chi connectivity index (χ1v) is 13.2. The van der Waals surface area contributed by atoms with Crippen LogP contribution in [0.2, 0.25) is 5.02 Å². The van der Waals surface area contributed by atoms with Gasteiger partial charge in [0.05, 0.1) is 27.7 Å². The molecule has 6 nitrogen and oxygen atoms in total. The number of anilines is 1. The third kappa shape index (κ3) is 4.65. The van der Waals surface area contributed by atoms with Gasteiger partial charge in [0.1, 0.15) is 12.3 Å². The van der Waals surface area contributed by atoms with E-state index in [-0.39, 0.29) is 10.9 Å². The maximum atomic E-state index is 12.3. The standard InChI is InChI=1S/C22H22ClN3O3S2/c1-12-8-16(14(3)25-19-7-6-15(23)10-20(19)31(5,28)29)21-17(9-12)18(11-24)13(2)22(26-21)30(4)27/h6-10,14,25H,1-5H3/t14-,30?/m1/s1. The normalized spacial score (nSPS) is 13.6. The summed E-state index contributed by atoms with van der Waals surface area (Å²) >= 11 is 4.64. The predicted octanol–water partition coefficient (Wildman–Crippen LogP) is 4.69. The van der Waals surface area contributed by atoms with Gasteiger partial charge in [-0.2, -0.15) is 5.26 Å². The van der Waals surface area contributed by atoms with Gasteiger partial charge in [-0.3, -0.25) is 0 Å². The summed E-state index contributed by atoms with van der Waals surface area (Å²) in [7, 11) is -3.51. The van der Waals surface area contributed by atoms with Crippen LogP contribution in [0.4, 0.5) is 5.69 Å². The molecule has 1 heterocycles. The number of halogens is 1. The van der Waals surface area contributed by atoms with Crippen LogP contribution < -0.4 is 5.32 Å². The predicted molar refractivity (Wildman–Crippen MR) is 125 cm³/mol. The Bertz CT molecular complexity index is 1330. The lowest BCUT2D eigenvalue weighted by atomic mass is 9.96. The molecule has 0 saturated carbocycles. The monoisotopic (exact) mass is 475 g/mol. The second-order valence-corrected chi connectivity index (χ2v) is 11.2. The highest BCUT2D eigenvalue weighted by Crippen LogP contribution is 2.34. The molecule has 0 amide bonds. The van der Waals surface area contributed by atoms with Crippen LogP contribution in [-0.4, -0.2) is 30.5 Å². The van der Waals surface area contributed by atoms with Gasteiger partial charge >= 0.3 is 0 Å². The summed E-state index contributed by atoms with van der Waals surface area (Å²) in [6.07, 6.45) is 2.66. The maximum Gasteiger partial charge on any atom is 0.249 e. The van der Waals surface area contributed by atoms with Crippen molar-refractivity contribution in [2.24, 2.45) is 0 Å². The van der Waals surface area contributed by atoms with Crippen molar-refractivity contribution in [3.63, 3.8) is 0 Å². The van der Waals surface area contributed by atoms with E-state index in [1.165, 1.54) is 12.3 Å². The van der Waals surface area contributed by atoms with Crippen molar-refractivity contribution in [3.05, 3.63) is 57.6 Å². The molecule has 0 aliphatic heterocycles. The fourth-order valence-electron chi connectivity index (χ4n) is 3.60. The number of aromatic nitrogens is 1. The zero-order chi connectivity index (χ0) is 23.1. The van der Waals surface area contributed by atoms with Gasteiger partial charge in [0.25, 0.3) is 0 Å². The van der Waals surface area contributed by atoms with E-state index in [1.807, 2.05) is 26.0 Å². The van der Waals surface area contributed by atoms with Gasteiger partial charge in [0.15, 0.2) is 9.84 Å². The van der Waals surface area contributed by atoms with Crippen LogP contribution in [0.15, 0.2) is 40.3 Å². The fourth-order valence-corrected chi connectivity index (χ4v) is 5.46. The quantitative estimate of drug-likeness (QED) is 0.536. The van der Waals surface area contributed by atoms with E-state index in [0.29, 0.717) is 37.8 Å². The minimum Gasteiger partial charge on any atom is -0.610 e. The van der Waals surface area contributed by atoms with Crippen LogP contribution in [0.25, 0.3) is 10.9 Å². The molecule has 0 bridgehead atoms. The number of fused-ring (bicyclic) bond motifs is 1. The summed E-state index contributed by atoms with van der Waals surface area (Å²) in [6, 6.07) is 10.3. The number of hydrogen-bond donors (Lipinski definition) is 1. The number of hydrogen-bond acceptors (Lipinski definition) is 6. The van der Waals surface area contributed by atoms with Gasteiger partial charge in [-0.1, -0.05) is 17.7 Å². The smallest absolute Gasteiger partial charge is 0.249 e. The van der Waals surface area contributed by atoms with Gasteiger partial charge < -0.3 is 9.87 Å². The van der Waals surface area contributed by atoms with Crippen molar-refractivity contribution in [1.29, 1.82) is 5.26 Å². The second-order valence-electron chi connectivity index (χ2n) is 7.51. The van der Waals surface area contributed by atoms with Crippen LogP contribution in [0.5, 0.6) is 0 Å². The van der Waals surface area contributed by atoms with Crippen LogP contribution >= 0.6 is 11.6 Å². The summed E-state index contributed by atoms with van der Waals surface area (Å²) < 4.78 is 36.7. The molecule has 2 atom stereocenters. The number of nitriles is 1. The summed E-state index contributed by atoms with van der Waals surface area (Å²) in [5, 5.41) is 14.4. The van der Waals surface area contributed by atoms with Crippen molar-refractivity contribution in [1.82, 2.24) is 4.98 Å². The third-order valence-electron chi connectivity index (χ3n) is 5.03. The highest BCUT2D eigenvalue weighted by molar-refractivity contribution is 7.91. The average molecular weight is 476 g/mol. The van der Waals surface area contributed by atoms with E-state index in [1.54, 1.807) is 19.1 Å². The number of sulfone groups is 1. The van der Waals surface area contributed by atoms with E-state index in [0.717, 1.165) is 17.4 Å². The van der Waals surface area contributed by atoms with Gasteiger partial charge in [0.2, 0.25) is 5.03 Å². The molecule has 0 aliphatic rings. The largest absolute Gasteiger partial charge is 0.610 e. The SMILES string of the molecule is Cc1cc([C@@H](C)Nc2ccc(Cl)cc2S(C)(=O)=O)c2nc([S+](C)[O-])c(C)c(C#N)c2c1. The summed E-state index contributed by atoms with van der Waals surface area (Å²) in [4.78, 5) is 4.74. The molecule has 0 spiro atoms.